The molecule has 1 atom stereocenters. The minimum atomic E-state index is 0.298. The van der Waals surface area contributed by atoms with Crippen LogP contribution in [-0.2, 0) is 6.54 Å². The van der Waals surface area contributed by atoms with Gasteiger partial charge in [-0.3, -0.25) is 4.98 Å². The minimum absolute atomic E-state index is 0.298. The molecule has 2 heterocycles. The summed E-state index contributed by atoms with van der Waals surface area (Å²) >= 11 is 0. The van der Waals surface area contributed by atoms with Gasteiger partial charge in [0, 0.05) is 17.7 Å². The van der Waals surface area contributed by atoms with Gasteiger partial charge in [0.2, 0.25) is 5.95 Å². The van der Waals surface area contributed by atoms with Crippen LogP contribution in [0.1, 0.15) is 36.2 Å². The number of fused-ring (bicyclic) bond motifs is 3. The number of aromatic nitrogens is 4. The molecule has 0 amide bonds. The van der Waals surface area contributed by atoms with Crippen molar-refractivity contribution in [3.63, 3.8) is 0 Å². The second-order valence-corrected chi connectivity index (χ2v) is 5.59. The second-order valence-electron chi connectivity index (χ2n) is 5.59. The highest BCUT2D eigenvalue weighted by atomic mass is 15.2. The molecule has 1 unspecified atom stereocenters. The molecule has 2 aromatic heterocycles. The van der Waals surface area contributed by atoms with Crippen LogP contribution in [0.5, 0.6) is 0 Å². The van der Waals surface area contributed by atoms with Gasteiger partial charge in [-0.25, -0.2) is 4.98 Å². The van der Waals surface area contributed by atoms with Gasteiger partial charge in [-0.05, 0) is 24.1 Å². The van der Waals surface area contributed by atoms with Gasteiger partial charge in [0.05, 0.1) is 17.9 Å². The zero-order valence-corrected chi connectivity index (χ0v) is 12.9. The average Bonchev–Trinajstić information content (AvgIpc) is 2.94. The lowest BCUT2D eigenvalue weighted by atomic mass is 9.98. The van der Waals surface area contributed by atoms with Gasteiger partial charge >= 0.3 is 0 Å². The zero-order chi connectivity index (χ0) is 15.6. The number of hydrogen-bond acceptors (Lipinski definition) is 5. The standard InChI is InChI=1S/C18H17N5/c1-2-13-14-8-3-4-9-15(14)17-16(13)21-18(23-22-17)20-11-12-7-5-6-10-19-12/h3-10,13H,2,11H2,1H3,(H,20,21,23). The van der Waals surface area contributed by atoms with Gasteiger partial charge in [-0.1, -0.05) is 37.3 Å². The summed E-state index contributed by atoms with van der Waals surface area (Å²) in [6.45, 7) is 2.77. The molecule has 3 aromatic rings. The average molecular weight is 303 g/mol. The normalized spacial score (nSPS) is 15.1. The van der Waals surface area contributed by atoms with E-state index in [2.05, 4.69) is 45.6 Å². The molecule has 1 aliphatic rings. The topological polar surface area (TPSA) is 63.6 Å². The quantitative estimate of drug-likeness (QED) is 0.800. The van der Waals surface area contributed by atoms with E-state index in [-0.39, 0.29) is 0 Å². The molecule has 0 fully saturated rings. The molecule has 0 spiro atoms. The molecular weight excluding hydrogens is 286 g/mol. The van der Waals surface area contributed by atoms with Crippen LogP contribution < -0.4 is 5.32 Å². The van der Waals surface area contributed by atoms with Crippen molar-refractivity contribution in [3.8, 4) is 11.3 Å². The van der Waals surface area contributed by atoms with Crippen molar-refractivity contribution in [1.82, 2.24) is 20.2 Å². The monoisotopic (exact) mass is 303 g/mol. The maximum atomic E-state index is 4.72. The fourth-order valence-electron chi connectivity index (χ4n) is 3.10. The summed E-state index contributed by atoms with van der Waals surface area (Å²) in [7, 11) is 0. The third-order valence-electron chi connectivity index (χ3n) is 4.20. The first kappa shape index (κ1) is 13.8. The lowest BCUT2D eigenvalue weighted by Crippen LogP contribution is -2.08. The summed E-state index contributed by atoms with van der Waals surface area (Å²) in [6, 6.07) is 14.2. The van der Waals surface area contributed by atoms with E-state index >= 15 is 0 Å². The van der Waals surface area contributed by atoms with Crippen molar-refractivity contribution in [2.45, 2.75) is 25.8 Å². The van der Waals surface area contributed by atoms with Crippen LogP contribution in [0.4, 0.5) is 5.95 Å². The molecule has 5 heteroatoms. The Morgan fingerprint density at radius 2 is 1.91 bits per heavy atom. The van der Waals surface area contributed by atoms with Crippen LogP contribution in [0.2, 0.25) is 0 Å². The third kappa shape index (κ3) is 2.44. The second kappa shape index (κ2) is 5.76. The highest BCUT2D eigenvalue weighted by molar-refractivity contribution is 5.74. The van der Waals surface area contributed by atoms with Gasteiger partial charge in [0.1, 0.15) is 5.69 Å². The van der Waals surface area contributed by atoms with Crippen molar-refractivity contribution in [2.24, 2.45) is 0 Å². The molecule has 23 heavy (non-hydrogen) atoms. The molecule has 0 radical (unpaired) electrons. The lowest BCUT2D eigenvalue weighted by Gasteiger charge is -2.10. The number of nitrogens with zero attached hydrogens (tertiary/aromatic N) is 4. The summed E-state index contributed by atoms with van der Waals surface area (Å²) in [5, 5.41) is 11.9. The van der Waals surface area contributed by atoms with Crippen LogP contribution in [-0.4, -0.2) is 20.2 Å². The Balaban J connectivity index is 1.63. The van der Waals surface area contributed by atoms with Crippen molar-refractivity contribution in [1.29, 1.82) is 0 Å². The number of pyridine rings is 1. The molecule has 0 saturated carbocycles. The first-order valence-electron chi connectivity index (χ1n) is 7.84. The van der Waals surface area contributed by atoms with E-state index in [1.54, 1.807) is 6.20 Å². The Hall–Kier alpha value is -2.82. The van der Waals surface area contributed by atoms with Gasteiger partial charge in [-0.2, -0.15) is 0 Å². The minimum Gasteiger partial charge on any atom is -0.347 e. The fraction of sp³-hybridized carbons (Fsp3) is 0.222. The molecule has 114 valence electrons. The van der Waals surface area contributed by atoms with Crippen LogP contribution in [0, 0.1) is 0 Å². The van der Waals surface area contributed by atoms with Crippen molar-refractivity contribution in [2.75, 3.05) is 5.32 Å². The van der Waals surface area contributed by atoms with Crippen molar-refractivity contribution >= 4 is 5.95 Å². The molecule has 1 N–H and O–H groups in total. The summed E-state index contributed by atoms with van der Waals surface area (Å²) in [5.74, 6) is 0.854. The molecular formula is C18H17N5. The smallest absolute Gasteiger partial charge is 0.243 e. The molecule has 0 aliphatic heterocycles. The summed E-state index contributed by atoms with van der Waals surface area (Å²) in [4.78, 5) is 9.01. The van der Waals surface area contributed by atoms with Gasteiger partial charge < -0.3 is 5.32 Å². The maximum absolute atomic E-state index is 4.72. The van der Waals surface area contributed by atoms with E-state index in [0.717, 1.165) is 29.1 Å². The van der Waals surface area contributed by atoms with Crippen LogP contribution in [0.3, 0.4) is 0 Å². The van der Waals surface area contributed by atoms with Gasteiger partial charge in [0.15, 0.2) is 0 Å². The van der Waals surface area contributed by atoms with E-state index in [1.165, 1.54) is 5.56 Å². The highest BCUT2D eigenvalue weighted by Gasteiger charge is 2.30. The van der Waals surface area contributed by atoms with Crippen LogP contribution in [0.25, 0.3) is 11.3 Å². The molecule has 1 aliphatic carbocycles. The molecule has 4 rings (SSSR count). The zero-order valence-electron chi connectivity index (χ0n) is 12.9. The Morgan fingerprint density at radius 1 is 1.04 bits per heavy atom. The first-order valence-corrected chi connectivity index (χ1v) is 7.84. The number of anilines is 1. The highest BCUT2D eigenvalue weighted by Crippen LogP contribution is 2.43. The predicted octanol–water partition coefficient (Wildman–Crippen LogP) is 3.40. The van der Waals surface area contributed by atoms with Gasteiger partial charge in [-0.15, -0.1) is 10.2 Å². The van der Waals surface area contributed by atoms with E-state index in [1.807, 2.05) is 24.3 Å². The summed E-state index contributed by atoms with van der Waals surface area (Å²) in [5.41, 5.74) is 5.34. The lowest BCUT2D eigenvalue weighted by molar-refractivity contribution is 0.757. The Labute approximate surface area is 134 Å². The Bertz CT molecular complexity index is 832. The van der Waals surface area contributed by atoms with Crippen molar-refractivity contribution in [3.05, 3.63) is 65.6 Å². The van der Waals surface area contributed by atoms with E-state index in [4.69, 9.17) is 4.98 Å². The molecule has 0 saturated heterocycles. The first-order chi connectivity index (χ1) is 11.4. The number of nitrogens with one attached hydrogen (secondary N) is 1. The number of hydrogen-bond donors (Lipinski definition) is 1. The Kier molecular flexibility index (Phi) is 3.46. The third-order valence-corrected chi connectivity index (χ3v) is 4.20. The van der Waals surface area contributed by atoms with Crippen LogP contribution in [0.15, 0.2) is 48.7 Å². The summed E-state index contributed by atoms with van der Waals surface area (Å²) < 4.78 is 0. The Morgan fingerprint density at radius 3 is 2.74 bits per heavy atom. The molecule has 0 bridgehead atoms. The number of benzene rings is 1. The largest absolute Gasteiger partial charge is 0.347 e. The van der Waals surface area contributed by atoms with Crippen LogP contribution >= 0.6 is 0 Å². The molecule has 1 aromatic carbocycles. The van der Waals surface area contributed by atoms with Gasteiger partial charge in [0.25, 0.3) is 0 Å². The SMILES string of the molecule is CCC1c2ccccc2-c2nnc(NCc3ccccn3)nc21. The van der Waals surface area contributed by atoms with E-state index in [9.17, 15) is 0 Å². The van der Waals surface area contributed by atoms with Crippen molar-refractivity contribution < 1.29 is 0 Å². The molecule has 5 nitrogen and oxygen atoms in total. The van der Waals surface area contributed by atoms with E-state index in [0.29, 0.717) is 18.4 Å². The number of rotatable bonds is 4. The maximum Gasteiger partial charge on any atom is 0.243 e. The predicted molar refractivity (Wildman–Crippen MR) is 89.0 cm³/mol. The summed E-state index contributed by atoms with van der Waals surface area (Å²) in [6.07, 6.45) is 2.78. The van der Waals surface area contributed by atoms with E-state index < -0.39 is 0 Å². The fourth-order valence-corrected chi connectivity index (χ4v) is 3.10.